The van der Waals surface area contributed by atoms with Crippen LogP contribution in [0.3, 0.4) is 0 Å². The molecular weight excluding hydrogens is 535 g/mol. The second kappa shape index (κ2) is 9.58. The first-order valence-corrected chi connectivity index (χ1v) is 8.14. The first kappa shape index (κ1) is 32.0. The lowest BCUT2D eigenvalue weighted by Gasteiger charge is -2.42. The number of carbonyl (C=O) groups is 1. The van der Waals surface area contributed by atoms with E-state index < -0.39 is 78.4 Å². The number of carboxylic acids is 1. The molecule has 1 N–H and O–H groups in total. The van der Waals surface area contributed by atoms with Gasteiger partial charge in [-0.1, -0.05) is 6.08 Å². The van der Waals surface area contributed by atoms with Crippen LogP contribution in [0.25, 0.3) is 0 Å². The van der Waals surface area contributed by atoms with Gasteiger partial charge in [0, 0.05) is 12.0 Å². The maximum atomic E-state index is 13.6. The molecule has 0 aliphatic rings. The third kappa shape index (κ3) is 4.87. The minimum absolute atomic E-state index is 0.143. The van der Waals surface area contributed by atoms with Crippen LogP contribution in [0.5, 0.6) is 0 Å². The molecule has 2 nitrogen and oxygen atoms in total. The van der Waals surface area contributed by atoms with Crippen molar-refractivity contribution in [1.29, 1.82) is 0 Å². The lowest BCUT2D eigenvalue weighted by molar-refractivity contribution is -0.434. The van der Waals surface area contributed by atoms with E-state index >= 15 is 0 Å². The molecule has 0 aliphatic heterocycles. The van der Waals surface area contributed by atoms with Gasteiger partial charge in [-0.25, -0.2) is 26.7 Å². The number of hydrogen-bond acceptors (Lipinski definition) is 1. The Morgan fingerprint density at radius 2 is 1.06 bits per heavy atom. The Hall–Kier alpha value is -1.98. The SMILES string of the molecule is CC(=CCC(F)C(F)(F)C(F)(F)C(F)(F)C(F)(F)C(F)(F)C(F)(F)C(F)C(F)C(F)F)C(=O)O. The third-order valence-corrected chi connectivity index (χ3v) is 4.25. The molecule has 0 rings (SSSR count). The molecule has 0 aliphatic carbocycles. The molecule has 0 aromatic heterocycles. The van der Waals surface area contributed by atoms with Crippen LogP contribution in [-0.4, -0.2) is 71.6 Å². The van der Waals surface area contributed by atoms with Crippen molar-refractivity contribution in [2.45, 2.75) is 73.8 Å². The van der Waals surface area contributed by atoms with Crippen molar-refractivity contribution in [3.8, 4) is 0 Å². The summed E-state index contributed by atoms with van der Waals surface area (Å²) in [6.45, 7) is 0.529. The summed E-state index contributed by atoms with van der Waals surface area (Å²) in [7, 11) is 0. The molecule has 0 amide bonds. The van der Waals surface area contributed by atoms with E-state index in [0.29, 0.717) is 6.92 Å². The smallest absolute Gasteiger partial charge is 0.384 e. The zero-order chi connectivity index (χ0) is 27.9. The highest BCUT2D eigenvalue weighted by Crippen LogP contribution is 2.61. The Bertz CT molecular complexity index is 760. The quantitative estimate of drug-likeness (QED) is 0.224. The molecule has 0 aromatic carbocycles. The van der Waals surface area contributed by atoms with Crippen molar-refractivity contribution >= 4 is 5.97 Å². The van der Waals surface area contributed by atoms with E-state index in [1.165, 1.54) is 0 Å². The normalized spacial score (nSPS) is 18.1. The fourth-order valence-electron chi connectivity index (χ4n) is 2.03. The molecule has 34 heavy (non-hydrogen) atoms. The van der Waals surface area contributed by atoms with Crippen LogP contribution in [0, 0.1) is 0 Å². The summed E-state index contributed by atoms with van der Waals surface area (Å²) < 4.78 is 225. The largest absolute Gasteiger partial charge is 0.478 e. The van der Waals surface area contributed by atoms with Crippen LogP contribution >= 0.6 is 0 Å². The zero-order valence-electron chi connectivity index (χ0n) is 15.9. The number of alkyl halides is 17. The van der Waals surface area contributed by atoms with Crippen LogP contribution in [0.1, 0.15) is 13.3 Å². The van der Waals surface area contributed by atoms with Crippen LogP contribution in [0.2, 0.25) is 0 Å². The average Bonchev–Trinajstić information content (AvgIpc) is 2.69. The van der Waals surface area contributed by atoms with Crippen molar-refractivity contribution < 1.29 is 84.5 Å². The summed E-state index contributed by atoms with van der Waals surface area (Å²) in [4.78, 5) is 10.4. The van der Waals surface area contributed by atoms with E-state index in [1.54, 1.807) is 0 Å². The van der Waals surface area contributed by atoms with Crippen molar-refractivity contribution in [1.82, 2.24) is 0 Å². The van der Waals surface area contributed by atoms with Gasteiger partial charge < -0.3 is 5.11 Å². The fraction of sp³-hybridized carbons (Fsp3) is 0.800. The minimum Gasteiger partial charge on any atom is -0.478 e. The van der Waals surface area contributed by atoms with E-state index in [9.17, 15) is 79.4 Å². The maximum absolute atomic E-state index is 13.6. The van der Waals surface area contributed by atoms with Crippen molar-refractivity contribution in [2.75, 3.05) is 0 Å². The summed E-state index contributed by atoms with van der Waals surface area (Å²) in [6.07, 6.45) is -22.8. The number of allylic oxidation sites excluding steroid dienone is 1. The molecule has 0 fully saturated rings. The lowest BCUT2D eigenvalue weighted by Crippen LogP contribution is -2.73. The van der Waals surface area contributed by atoms with Gasteiger partial charge in [0.25, 0.3) is 6.43 Å². The maximum Gasteiger partial charge on any atom is 0.384 e. The van der Waals surface area contributed by atoms with Crippen molar-refractivity contribution in [3.05, 3.63) is 11.6 Å². The summed E-state index contributed by atoms with van der Waals surface area (Å²) in [5, 5.41) is 8.37. The van der Waals surface area contributed by atoms with Crippen molar-refractivity contribution in [3.63, 3.8) is 0 Å². The molecular formula is C15H11F17O2. The molecule has 19 heteroatoms. The van der Waals surface area contributed by atoms with Gasteiger partial charge in [0.05, 0.1) is 0 Å². The van der Waals surface area contributed by atoms with Gasteiger partial charge in [-0.2, -0.15) is 52.7 Å². The van der Waals surface area contributed by atoms with Gasteiger partial charge in [0.1, 0.15) is 0 Å². The molecule has 3 unspecified atom stereocenters. The first-order chi connectivity index (χ1) is 14.8. The average molecular weight is 546 g/mol. The Kier molecular flexibility index (Phi) is 9.02. The van der Waals surface area contributed by atoms with E-state index in [2.05, 4.69) is 0 Å². The van der Waals surface area contributed by atoms with Crippen LogP contribution in [0.4, 0.5) is 74.6 Å². The minimum atomic E-state index is -8.44. The Labute approximate surface area is 177 Å². The summed E-state index contributed by atoms with van der Waals surface area (Å²) >= 11 is 0. The molecule has 0 spiro atoms. The van der Waals surface area contributed by atoms with Gasteiger partial charge in [-0.15, -0.1) is 0 Å². The van der Waals surface area contributed by atoms with Crippen LogP contribution < -0.4 is 0 Å². The summed E-state index contributed by atoms with van der Waals surface area (Å²) in [6, 6.07) is 0. The highest BCUT2D eigenvalue weighted by atomic mass is 19.4. The van der Waals surface area contributed by atoms with E-state index in [0.717, 1.165) is 0 Å². The number of rotatable bonds is 12. The van der Waals surface area contributed by atoms with E-state index in [1.807, 2.05) is 0 Å². The number of hydrogen-bond donors (Lipinski definition) is 1. The monoisotopic (exact) mass is 546 g/mol. The third-order valence-electron chi connectivity index (χ3n) is 4.25. The lowest BCUT2D eigenvalue weighted by atomic mass is 9.87. The zero-order valence-corrected chi connectivity index (χ0v) is 15.9. The van der Waals surface area contributed by atoms with Gasteiger partial charge in [-0.3, -0.25) is 0 Å². The highest BCUT2D eigenvalue weighted by molar-refractivity contribution is 5.85. The van der Waals surface area contributed by atoms with Gasteiger partial charge in [0.15, 0.2) is 12.3 Å². The predicted molar refractivity (Wildman–Crippen MR) is 76.4 cm³/mol. The van der Waals surface area contributed by atoms with Gasteiger partial charge >= 0.3 is 41.5 Å². The molecule has 0 saturated heterocycles. The number of aliphatic carboxylic acids is 1. The summed E-state index contributed by atoms with van der Waals surface area (Å²) in [5.74, 6) is -49.7. The first-order valence-electron chi connectivity index (χ1n) is 8.14. The summed E-state index contributed by atoms with van der Waals surface area (Å²) in [5.41, 5.74) is -1.07. The Morgan fingerprint density at radius 1 is 0.706 bits per heavy atom. The molecule has 0 heterocycles. The number of carboxylic acid groups (broad SMARTS) is 1. The second-order valence-electron chi connectivity index (χ2n) is 6.62. The predicted octanol–water partition coefficient (Wildman–Crippen LogP) is 6.50. The van der Waals surface area contributed by atoms with Crippen LogP contribution in [-0.2, 0) is 4.79 Å². The molecule has 0 aromatic rings. The Morgan fingerprint density at radius 3 is 1.38 bits per heavy atom. The molecule has 0 saturated carbocycles. The highest BCUT2D eigenvalue weighted by Gasteiger charge is 2.91. The van der Waals surface area contributed by atoms with Crippen LogP contribution in [0.15, 0.2) is 11.6 Å². The molecule has 0 radical (unpaired) electrons. The standard InChI is InChI=1S/C15H11F17O2/c1-4(9(33)34)2-3-5(16)10(21,22)12(25,26)14(29,30)15(31,32)13(27,28)11(23,24)7(18)6(17)8(19)20/h2,5-8H,3H2,1H3,(H,33,34). The molecule has 0 bridgehead atoms. The Balaban J connectivity index is 6.48. The fourth-order valence-corrected chi connectivity index (χ4v) is 2.03. The van der Waals surface area contributed by atoms with Crippen molar-refractivity contribution in [2.24, 2.45) is 0 Å². The molecule has 202 valence electrons. The topological polar surface area (TPSA) is 37.3 Å². The number of halogens is 17. The van der Waals surface area contributed by atoms with E-state index in [-0.39, 0.29) is 6.08 Å². The van der Waals surface area contributed by atoms with E-state index in [4.69, 9.17) is 5.11 Å². The molecule has 3 atom stereocenters. The van der Waals surface area contributed by atoms with Gasteiger partial charge in [0.2, 0.25) is 6.17 Å². The van der Waals surface area contributed by atoms with Gasteiger partial charge in [-0.05, 0) is 6.92 Å². The second-order valence-corrected chi connectivity index (χ2v) is 6.62.